The second-order valence-electron chi connectivity index (χ2n) is 6.62. The van der Waals surface area contributed by atoms with E-state index in [1.165, 1.54) is 32.1 Å². The van der Waals surface area contributed by atoms with Crippen molar-refractivity contribution in [2.75, 3.05) is 26.2 Å². The lowest BCUT2D eigenvalue weighted by atomic mass is 9.96. The zero-order chi connectivity index (χ0) is 15.1. The van der Waals surface area contributed by atoms with Crippen molar-refractivity contribution in [2.24, 2.45) is 10.7 Å². The molecule has 0 aromatic heterocycles. The Balaban J connectivity index is 0.00000242. The van der Waals surface area contributed by atoms with Crippen LogP contribution in [0.15, 0.2) is 4.99 Å². The van der Waals surface area contributed by atoms with Gasteiger partial charge in [0.05, 0.1) is 12.2 Å². The number of morpholine rings is 1. The Morgan fingerprint density at radius 1 is 1.18 bits per heavy atom. The van der Waals surface area contributed by atoms with Crippen LogP contribution in [-0.4, -0.2) is 55.3 Å². The van der Waals surface area contributed by atoms with Crippen molar-refractivity contribution in [3.8, 4) is 0 Å². The van der Waals surface area contributed by atoms with E-state index in [1.807, 2.05) is 0 Å². The van der Waals surface area contributed by atoms with E-state index in [0.717, 1.165) is 32.6 Å². The Labute approximate surface area is 152 Å². The number of nitrogens with one attached hydrogen (secondary N) is 1. The molecule has 1 saturated carbocycles. The van der Waals surface area contributed by atoms with Crippen molar-refractivity contribution < 1.29 is 4.74 Å². The number of rotatable bonds is 5. The van der Waals surface area contributed by atoms with Gasteiger partial charge in [-0.15, -0.1) is 24.0 Å². The van der Waals surface area contributed by atoms with Crippen LogP contribution >= 0.6 is 24.0 Å². The van der Waals surface area contributed by atoms with Gasteiger partial charge < -0.3 is 15.8 Å². The van der Waals surface area contributed by atoms with E-state index < -0.39 is 0 Å². The van der Waals surface area contributed by atoms with E-state index in [0.29, 0.717) is 24.2 Å². The fourth-order valence-electron chi connectivity index (χ4n) is 3.46. The molecule has 22 heavy (non-hydrogen) atoms. The molecule has 130 valence electrons. The van der Waals surface area contributed by atoms with Crippen LogP contribution in [0.25, 0.3) is 0 Å². The summed E-state index contributed by atoms with van der Waals surface area (Å²) in [5, 5.41) is 3.37. The Hall–Kier alpha value is -0.0800. The van der Waals surface area contributed by atoms with Crippen LogP contribution in [0.4, 0.5) is 0 Å². The summed E-state index contributed by atoms with van der Waals surface area (Å²) in [6.07, 6.45) is 8.22. The summed E-state index contributed by atoms with van der Waals surface area (Å²) in [5.41, 5.74) is 5.97. The normalized spacial score (nSPS) is 28.2. The molecule has 0 bridgehead atoms. The summed E-state index contributed by atoms with van der Waals surface area (Å²) >= 11 is 0. The Morgan fingerprint density at radius 3 is 2.45 bits per heavy atom. The first-order valence-corrected chi connectivity index (χ1v) is 8.57. The quantitative estimate of drug-likeness (QED) is 0.308. The summed E-state index contributed by atoms with van der Waals surface area (Å²) in [7, 11) is 0. The average Bonchev–Trinajstić information content (AvgIpc) is 2.44. The topological polar surface area (TPSA) is 62.9 Å². The van der Waals surface area contributed by atoms with Crippen LogP contribution in [0.3, 0.4) is 0 Å². The number of nitrogens with zero attached hydrogens (tertiary/aromatic N) is 2. The molecule has 0 amide bonds. The van der Waals surface area contributed by atoms with Crippen molar-refractivity contribution >= 4 is 29.9 Å². The van der Waals surface area contributed by atoms with Crippen LogP contribution < -0.4 is 11.1 Å². The van der Waals surface area contributed by atoms with Gasteiger partial charge in [-0.1, -0.05) is 19.3 Å². The number of aliphatic imine (C=N–C) groups is 1. The molecule has 0 radical (unpaired) electrons. The maximum absolute atomic E-state index is 5.97. The second-order valence-corrected chi connectivity index (χ2v) is 6.62. The maximum atomic E-state index is 5.97. The summed E-state index contributed by atoms with van der Waals surface area (Å²) in [4.78, 5) is 6.94. The Kier molecular flexibility index (Phi) is 9.66. The highest BCUT2D eigenvalue weighted by Crippen LogP contribution is 2.17. The number of hydrogen-bond acceptors (Lipinski definition) is 3. The van der Waals surface area contributed by atoms with Gasteiger partial charge in [0, 0.05) is 32.2 Å². The van der Waals surface area contributed by atoms with Crippen LogP contribution in [0.2, 0.25) is 0 Å². The predicted molar refractivity (Wildman–Crippen MR) is 103 cm³/mol. The molecule has 6 heteroatoms. The molecule has 1 heterocycles. The zero-order valence-corrected chi connectivity index (χ0v) is 16.4. The van der Waals surface area contributed by atoms with E-state index in [2.05, 4.69) is 29.1 Å². The fourth-order valence-corrected chi connectivity index (χ4v) is 3.46. The van der Waals surface area contributed by atoms with Gasteiger partial charge in [0.2, 0.25) is 0 Å². The molecule has 2 atom stereocenters. The molecule has 2 rings (SSSR count). The monoisotopic (exact) mass is 424 g/mol. The minimum absolute atomic E-state index is 0. The molecular weight excluding hydrogens is 391 g/mol. The van der Waals surface area contributed by atoms with E-state index in [-0.39, 0.29) is 24.0 Å². The van der Waals surface area contributed by atoms with Gasteiger partial charge in [0.15, 0.2) is 5.96 Å². The molecule has 1 aliphatic carbocycles. The van der Waals surface area contributed by atoms with Crippen molar-refractivity contribution in [1.82, 2.24) is 10.2 Å². The minimum Gasteiger partial charge on any atom is -0.373 e. The lowest BCUT2D eigenvalue weighted by molar-refractivity contribution is -0.0679. The van der Waals surface area contributed by atoms with Crippen molar-refractivity contribution in [1.29, 1.82) is 0 Å². The van der Waals surface area contributed by atoms with E-state index >= 15 is 0 Å². The summed E-state index contributed by atoms with van der Waals surface area (Å²) < 4.78 is 5.75. The first kappa shape index (κ1) is 20.0. The molecule has 1 aliphatic heterocycles. The molecule has 5 nitrogen and oxygen atoms in total. The van der Waals surface area contributed by atoms with Crippen molar-refractivity contribution in [3.05, 3.63) is 0 Å². The third-order valence-electron chi connectivity index (χ3n) is 4.37. The van der Waals surface area contributed by atoms with Gasteiger partial charge in [0.25, 0.3) is 0 Å². The van der Waals surface area contributed by atoms with Gasteiger partial charge in [-0.3, -0.25) is 9.89 Å². The van der Waals surface area contributed by atoms with Crippen molar-refractivity contribution in [2.45, 2.75) is 70.6 Å². The van der Waals surface area contributed by atoms with Crippen LogP contribution in [-0.2, 0) is 4.74 Å². The van der Waals surface area contributed by atoms with Crippen LogP contribution in [0, 0.1) is 0 Å². The number of halogens is 1. The highest BCUT2D eigenvalue weighted by Gasteiger charge is 2.21. The predicted octanol–water partition coefficient (Wildman–Crippen LogP) is 2.34. The van der Waals surface area contributed by atoms with Crippen LogP contribution in [0.1, 0.15) is 52.4 Å². The molecule has 2 fully saturated rings. The van der Waals surface area contributed by atoms with Gasteiger partial charge in [0.1, 0.15) is 0 Å². The molecule has 0 spiro atoms. The SMILES string of the molecule is CC1CN(CCCN=C(N)NC2CCCCC2)CC(C)O1.I. The third kappa shape index (κ3) is 7.46. The number of hydrogen-bond donors (Lipinski definition) is 2. The minimum atomic E-state index is 0. The smallest absolute Gasteiger partial charge is 0.188 e. The second kappa shape index (κ2) is 10.6. The Bertz CT molecular complexity index is 324. The number of nitrogens with two attached hydrogens (primary N) is 1. The lowest BCUT2D eigenvalue weighted by Crippen LogP contribution is -2.45. The van der Waals surface area contributed by atoms with Gasteiger partial charge in [-0.25, -0.2) is 0 Å². The molecular formula is C16H33IN4O. The third-order valence-corrected chi connectivity index (χ3v) is 4.37. The van der Waals surface area contributed by atoms with Crippen LogP contribution in [0.5, 0.6) is 0 Å². The fraction of sp³-hybridized carbons (Fsp3) is 0.938. The average molecular weight is 424 g/mol. The molecule has 0 aromatic carbocycles. The first-order chi connectivity index (χ1) is 10.1. The first-order valence-electron chi connectivity index (χ1n) is 8.57. The summed E-state index contributed by atoms with van der Waals surface area (Å²) in [6, 6.07) is 0.545. The highest BCUT2D eigenvalue weighted by molar-refractivity contribution is 14.0. The molecule has 3 N–H and O–H groups in total. The summed E-state index contributed by atoms with van der Waals surface area (Å²) in [6.45, 7) is 8.25. The number of guanidine groups is 1. The molecule has 0 aromatic rings. The molecule has 2 unspecified atom stereocenters. The van der Waals surface area contributed by atoms with Gasteiger partial charge >= 0.3 is 0 Å². The zero-order valence-electron chi connectivity index (χ0n) is 14.1. The standard InChI is InChI=1S/C16H32N4O.HI/c1-13-11-20(12-14(2)21-13)10-6-9-18-16(17)19-15-7-4-3-5-8-15;/h13-15H,3-12H2,1-2H3,(H3,17,18,19);1H. The highest BCUT2D eigenvalue weighted by atomic mass is 127. The van der Waals surface area contributed by atoms with E-state index in [1.54, 1.807) is 0 Å². The lowest BCUT2D eigenvalue weighted by Gasteiger charge is -2.35. The summed E-state index contributed by atoms with van der Waals surface area (Å²) in [5.74, 6) is 0.630. The maximum Gasteiger partial charge on any atom is 0.188 e. The number of ether oxygens (including phenoxy) is 1. The largest absolute Gasteiger partial charge is 0.373 e. The van der Waals surface area contributed by atoms with Crippen molar-refractivity contribution in [3.63, 3.8) is 0 Å². The molecule has 2 aliphatic rings. The van der Waals surface area contributed by atoms with E-state index in [4.69, 9.17) is 10.5 Å². The van der Waals surface area contributed by atoms with Gasteiger partial charge in [-0.2, -0.15) is 0 Å². The Morgan fingerprint density at radius 2 is 1.82 bits per heavy atom. The van der Waals surface area contributed by atoms with Gasteiger partial charge in [-0.05, 0) is 33.1 Å². The van der Waals surface area contributed by atoms with E-state index in [9.17, 15) is 0 Å². The molecule has 1 saturated heterocycles.